The van der Waals surface area contributed by atoms with Gasteiger partial charge in [-0.3, -0.25) is 9.89 Å². The molecule has 2 fully saturated rings. The Kier molecular flexibility index (Phi) is 6.47. The first-order chi connectivity index (χ1) is 17.1. The lowest BCUT2D eigenvalue weighted by atomic mass is 10.2. The molecular weight excluding hydrogens is 444 g/mol. The van der Waals surface area contributed by atoms with Gasteiger partial charge in [0.05, 0.1) is 31.6 Å². The first kappa shape index (κ1) is 22.6. The molecule has 1 amide bonds. The molecule has 2 aliphatic carbocycles. The third-order valence-corrected chi connectivity index (χ3v) is 5.96. The first-order valence-electron chi connectivity index (χ1n) is 11.7. The number of carbonyl (C=O) groups is 1. The first-order valence-corrected chi connectivity index (χ1v) is 11.7. The molecule has 9 heteroatoms. The quantitative estimate of drug-likeness (QED) is 0.346. The molecule has 2 aromatic heterocycles. The van der Waals surface area contributed by atoms with Gasteiger partial charge in [0.25, 0.3) is 5.88 Å². The van der Waals surface area contributed by atoms with Gasteiger partial charge in [-0.1, -0.05) is 12.1 Å². The standard InChI is InChI=1S/C15H15N5O.C11H13NO2/c1-21-15-14(17-12(8-16-15)9-6-7-9)18-13-10-4-2-3-5-11(10)19-20-13;1-14-10-6-4-9(5-7-10)12-11(13)8-2-3-8/h2-5,8-9H,6-7H2,1H3,(H2,17,18,19,20);4-8H,2-3H2,1H3,(H,12,13). The molecule has 0 unspecified atom stereocenters. The van der Waals surface area contributed by atoms with E-state index < -0.39 is 0 Å². The summed E-state index contributed by atoms with van der Waals surface area (Å²) in [5.41, 5.74) is 2.83. The molecule has 0 atom stereocenters. The number of fused-ring (bicyclic) bond motifs is 1. The number of H-pyrrole nitrogens is 1. The zero-order valence-electron chi connectivity index (χ0n) is 19.7. The van der Waals surface area contributed by atoms with Crippen LogP contribution < -0.4 is 20.1 Å². The number of nitrogens with one attached hydrogen (secondary N) is 3. The van der Waals surface area contributed by atoms with E-state index in [0.29, 0.717) is 17.6 Å². The predicted octanol–water partition coefficient (Wildman–Crippen LogP) is 5.03. The second-order valence-electron chi connectivity index (χ2n) is 8.66. The van der Waals surface area contributed by atoms with Crippen molar-refractivity contribution < 1.29 is 14.3 Å². The van der Waals surface area contributed by atoms with Crippen molar-refractivity contribution >= 4 is 34.1 Å². The number of hydrogen-bond acceptors (Lipinski definition) is 7. The Morgan fingerprint density at radius 3 is 2.43 bits per heavy atom. The maximum atomic E-state index is 11.4. The summed E-state index contributed by atoms with van der Waals surface area (Å²) in [6.45, 7) is 0. The third kappa shape index (κ3) is 5.51. The molecular formula is C26H28N6O3. The maximum absolute atomic E-state index is 11.4. The fraction of sp³-hybridized carbons (Fsp3) is 0.308. The Hall–Kier alpha value is -4.14. The van der Waals surface area contributed by atoms with Gasteiger partial charge in [-0.2, -0.15) is 5.10 Å². The van der Waals surface area contributed by atoms with Crippen molar-refractivity contribution in [2.24, 2.45) is 5.92 Å². The van der Waals surface area contributed by atoms with E-state index in [0.717, 1.165) is 46.7 Å². The van der Waals surface area contributed by atoms with Crippen LogP contribution in [-0.4, -0.2) is 40.3 Å². The van der Waals surface area contributed by atoms with E-state index in [9.17, 15) is 4.79 Å². The average molecular weight is 473 g/mol. The summed E-state index contributed by atoms with van der Waals surface area (Å²) in [6, 6.07) is 15.3. The maximum Gasteiger partial charge on any atom is 0.257 e. The number of anilines is 3. The predicted molar refractivity (Wildman–Crippen MR) is 134 cm³/mol. The van der Waals surface area contributed by atoms with Crippen molar-refractivity contribution in [3.05, 3.63) is 60.4 Å². The number of hydrogen-bond donors (Lipinski definition) is 3. The minimum atomic E-state index is 0.134. The summed E-state index contributed by atoms with van der Waals surface area (Å²) in [7, 11) is 3.21. The van der Waals surface area contributed by atoms with Gasteiger partial charge >= 0.3 is 0 Å². The van der Waals surface area contributed by atoms with Gasteiger partial charge < -0.3 is 20.1 Å². The minimum Gasteiger partial charge on any atom is -0.497 e. The second kappa shape index (κ2) is 10.0. The number of para-hydroxylation sites is 1. The molecule has 9 nitrogen and oxygen atoms in total. The van der Waals surface area contributed by atoms with Crippen molar-refractivity contribution in [1.82, 2.24) is 20.2 Å². The molecule has 180 valence electrons. The van der Waals surface area contributed by atoms with Gasteiger partial charge in [-0.05, 0) is 62.1 Å². The number of aromatic nitrogens is 4. The summed E-state index contributed by atoms with van der Waals surface area (Å²) in [4.78, 5) is 20.4. The van der Waals surface area contributed by atoms with Crippen LogP contribution in [0.15, 0.2) is 54.7 Å². The minimum absolute atomic E-state index is 0.134. The molecule has 3 N–H and O–H groups in total. The van der Waals surface area contributed by atoms with Crippen LogP contribution in [0.4, 0.5) is 17.3 Å². The van der Waals surface area contributed by atoms with Crippen molar-refractivity contribution in [1.29, 1.82) is 0 Å². The van der Waals surface area contributed by atoms with E-state index in [2.05, 4.69) is 30.8 Å². The van der Waals surface area contributed by atoms with Gasteiger partial charge in [-0.25, -0.2) is 9.97 Å². The summed E-state index contributed by atoms with van der Waals surface area (Å²) < 4.78 is 10.3. The van der Waals surface area contributed by atoms with Crippen molar-refractivity contribution in [2.45, 2.75) is 31.6 Å². The van der Waals surface area contributed by atoms with E-state index in [1.54, 1.807) is 20.4 Å². The highest BCUT2D eigenvalue weighted by Crippen LogP contribution is 2.40. The van der Waals surface area contributed by atoms with E-state index in [-0.39, 0.29) is 11.8 Å². The number of methoxy groups -OCH3 is 2. The highest BCUT2D eigenvalue weighted by Gasteiger charge is 2.29. The summed E-state index contributed by atoms with van der Waals surface area (Å²) in [5, 5.41) is 14.4. The van der Waals surface area contributed by atoms with Crippen LogP contribution in [0, 0.1) is 5.92 Å². The molecule has 4 aromatic rings. The highest BCUT2D eigenvalue weighted by molar-refractivity contribution is 5.94. The lowest BCUT2D eigenvalue weighted by Gasteiger charge is -2.09. The number of ether oxygens (including phenoxy) is 2. The van der Waals surface area contributed by atoms with E-state index in [4.69, 9.17) is 9.47 Å². The van der Waals surface area contributed by atoms with Crippen LogP contribution >= 0.6 is 0 Å². The molecule has 0 aliphatic heterocycles. The lowest BCUT2D eigenvalue weighted by molar-refractivity contribution is -0.117. The Bertz CT molecular complexity index is 1310. The fourth-order valence-electron chi connectivity index (χ4n) is 3.63. The Morgan fingerprint density at radius 2 is 1.74 bits per heavy atom. The Morgan fingerprint density at radius 1 is 0.971 bits per heavy atom. The van der Waals surface area contributed by atoms with Crippen LogP contribution in [0.25, 0.3) is 10.9 Å². The molecule has 0 bridgehead atoms. The van der Waals surface area contributed by atoms with Crippen LogP contribution in [0.2, 0.25) is 0 Å². The zero-order chi connectivity index (χ0) is 24.2. The van der Waals surface area contributed by atoms with E-state index >= 15 is 0 Å². The van der Waals surface area contributed by atoms with Gasteiger partial charge in [0.2, 0.25) is 5.91 Å². The number of nitrogens with zero attached hydrogens (tertiary/aromatic N) is 3. The van der Waals surface area contributed by atoms with Gasteiger partial charge in [0, 0.05) is 22.9 Å². The van der Waals surface area contributed by atoms with Crippen LogP contribution in [0.1, 0.15) is 37.3 Å². The highest BCUT2D eigenvalue weighted by atomic mass is 16.5. The number of benzene rings is 2. The third-order valence-electron chi connectivity index (χ3n) is 5.96. The molecule has 2 aromatic carbocycles. The monoisotopic (exact) mass is 472 g/mol. The molecule has 35 heavy (non-hydrogen) atoms. The molecule has 0 radical (unpaired) electrons. The molecule has 0 saturated heterocycles. The van der Waals surface area contributed by atoms with Crippen molar-refractivity contribution in [3.8, 4) is 11.6 Å². The smallest absolute Gasteiger partial charge is 0.257 e. The van der Waals surface area contributed by atoms with Gasteiger partial charge in [0.1, 0.15) is 5.75 Å². The summed E-state index contributed by atoms with van der Waals surface area (Å²) in [6.07, 6.45) is 6.23. The SMILES string of the molecule is COc1ccc(NC(=O)C2CC2)cc1.COc1ncc(C2CC2)nc1Nc1n[nH]c2ccccc12. The van der Waals surface area contributed by atoms with Crippen molar-refractivity contribution in [3.63, 3.8) is 0 Å². The fourth-order valence-corrected chi connectivity index (χ4v) is 3.63. The second-order valence-corrected chi connectivity index (χ2v) is 8.66. The van der Waals surface area contributed by atoms with Crippen LogP contribution in [0.3, 0.4) is 0 Å². The molecule has 0 spiro atoms. The largest absolute Gasteiger partial charge is 0.497 e. The summed E-state index contributed by atoms with van der Waals surface area (Å²) in [5.74, 6) is 3.54. The number of amides is 1. The normalized spacial score (nSPS) is 14.6. The summed E-state index contributed by atoms with van der Waals surface area (Å²) >= 11 is 0. The molecule has 2 aliphatic rings. The topological polar surface area (TPSA) is 114 Å². The zero-order valence-corrected chi connectivity index (χ0v) is 19.7. The number of rotatable bonds is 7. The van der Waals surface area contributed by atoms with Gasteiger partial charge in [0.15, 0.2) is 11.6 Å². The average Bonchev–Trinajstić information content (AvgIpc) is 3.82. The number of aromatic amines is 1. The van der Waals surface area contributed by atoms with E-state index in [1.165, 1.54) is 12.8 Å². The Labute approximate surface area is 203 Å². The molecule has 2 saturated carbocycles. The van der Waals surface area contributed by atoms with Crippen LogP contribution in [0.5, 0.6) is 11.6 Å². The Balaban J connectivity index is 0.000000158. The van der Waals surface area contributed by atoms with Crippen molar-refractivity contribution in [2.75, 3.05) is 24.9 Å². The van der Waals surface area contributed by atoms with Gasteiger partial charge in [-0.15, -0.1) is 0 Å². The lowest BCUT2D eigenvalue weighted by Crippen LogP contribution is -2.12. The molecule has 6 rings (SSSR count). The molecule has 2 heterocycles. The van der Waals surface area contributed by atoms with Crippen LogP contribution in [-0.2, 0) is 4.79 Å². The van der Waals surface area contributed by atoms with E-state index in [1.807, 2.05) is 48.5 Å². The number of carbonyl (C=O) groups excluding carboxylic acids is 1.